The van der Waals surface area contributed by atoms with Crippen molar-refractivity contribution in [1.29, 1.82) is 0 Å². The van der Waals surface area contributed by atoms with Gasteiger partial charge in [0.15, 0.2) is 11.5 Å². The number of carbonyl (C=O) groups is 1. The first-order valence-corrected chi connectivity index (χ1v) is 6.16. The van der Waals surface area contributed by atoms with E-state index < -0.39 is 0 Å². The molecule has 1 aromatic rings. The van der Waals surface area contributed by atoms with Gasteiger partial charge in [0.05, 0.1) is 0 Å². The van der Waals surface area contributed by atoms with E-state index in [1.165, 1.54) is 4.90 Å². The highest BCUT2D eigenvalue weighted by Gasteiger charge is 2.21. The van der Waals surface area contributed by atoms with Crippen LogP contribution < -0.4 is 15.2 Å². The van der Waals surface area contributed by atoms with Crippen LogP contribution in [0.1, 0.15) is 23.7 Å². The third kappa shape index (κ3) is 2.76. The second kappa shape index (κ2) is 5.68. The molecule has 1 atom stereocenters. The molecule has 1 aliphatic rings. The molecule has 1 aliphatic heterocycles. The Labute approximate surface area is 116 Å². The molecular weight excluding hydrogens is 262 g/mol. The molecule has 0 spiro atoms. The van der Waals surface area contributed by atoms with Crippen molar-refractivity contribution in [3.05, 3.63) is 23.8 Å². The van der Waals surface area contributed by atoms with Crippen molar-refractivity contribution in [3.63, 3.8) is 0 Å². The van der Waals surface area contributed by atoms with Gasteiger partial charge in [-0.2, -0.15) is 0 Å². The van der Waals surface area contributed by atoms with Gasteiger partial charge in [-0.3, -0.25) is 4.79 Å². The topological polar surface area (TPSA) is 97.4 Å². The monoisotopic (exact) mass is 279 g/mol. The van der Waals surface area contributed by atoms with Gasteiger partial charge in [0.25, 0.3) is 5.91 Å². The summed E-state index contributed by atoms with van der Waals surface area (Å²) in [5.74, 6) is 1.12. The molecule has 7 nitrogen and oxygen atoms in total. The summed E-state index contributed by atoms with van der Waals surface area (Å²) in [5.41, 5.74) is 5.95. The number of carbonyl (C=O) groups excluding carboxylic acids is 1. The SMILES string of the molecule is CC(CC(N)=NO)N(C)C(=O)c1ccc2c(c1)OCO2. The molecule has 1 unspecified atom stereocenters. The van der Waals surface area contributed by atoms with Crippen LogP contribution >= 0.6 is 0 Å². The Morgan fingerprint density at radius 3 is 2.90 bits per heavy atom. The predicted molar refractivity (Wildman–Crippen MR) is 72.1 cm³/mol. The molecule has 1 aromatic carbocycles. The molecule has 0 radical (unpaired) electrons. The fraction of sp³-hybridized carbons (Fsp3) is 0.385. The number of fused-ring (bicyclic) bond motifs is 1. The maximum Gasteiger partial charge on any atom is 0.253 e. The Hall–Kier alpha value is -2.44. The minimum absolute atomic E-state index is 0.0860. The predicted octanol–water partition coefficient (Wildman–Crippen LogP) is 1.01. The fourth-order valence-electron chi connectivity index (χ4n) is 1.91. The first-order valence-electron chi connectivity index (χ1n) is 6.16. The van der Waals surface area contributed by atoms with Crippen LogP contribution in [0.4, 0.5) is 0 Å². The number of hydrogen-bond acceptors (Lipinski definition) is 5. The third-order valence-corrected chi connectivity index (χ3v) is 3.23. The summed E-state index contributed by atoms with van der Waals surface area (Å²) >= 11 is 0. The quantitative estimate of drug-likeness (QED) is 0.371. The van der Waals surface area contributed by atoms with Gasteiger partial charge < -0.3 is 25.3 Å². The number of benzene rings is 1. The van der Waals surface area contributed by atoms with Gasteiger partial charge in [-0.15, -0.1) is 0 Å². The van der Waals surface area contributed by atoms with Gasteiger partial charge >= 0.3 is 0 Å². The van der Waals surface area contributed by atoms with Crippen molar-refractivity contribution >= 4 is 11.7 Å². The average molecular weight is 279 g/mol. The molecule has 1 amide bonds. The van der Waals surface area contributed by atoms with E-state index >= 15 is 0 Å². The Morgan fingerprint density at radius 1 is 1.50 bits per heavy atom. The van der Waals surface area contributed by atoms with Crippen LogP contribution in [-0.2, 0) is 0 Å². The van der Waals surface area contributed by atoms with E-state index in [1.807, 2.05) is 6.92 Å². The lowest BCUT2D eigenvalue weighted by Gasteiger charge is -2.24. The molecule has 0 bridgehead atoms. The van der Waals surface area contributed by atoms with E-state index in [2.05, 4.69) is 5.16 Å². The molecule has 3 N–H and O–H groups in total. The standard InChI is InChI=1S/C13H17N3O4/c1-8(5-12(14)15-18)16(2)13(17)9-3-4-10-11(6-9)20-7-19-10/h3-4,6,8,18H,5,7H2,1-2H3,(H2,14,15). The van der Waals surface area contributed by atoms with Crippen molar-refractivity contribution in [1.82, 2.24) is 4.90 Å². The lowest BCUT2D eigenvalue weighted by molar-refractivity contribution is 0.0746. The van der Waals surface area contributed by atoms with Gasteiger partial charge in [-0.05, 0) is 25.1 Å². The second-order valence-electron chi connectivity index (χ2n) is 4.63. The fourth-order valence-corrected chi connectivity index (χ4v) is 1.91. The van der Waals surface area contributed by atoms with Crippen LogP contribution in [-0.4, -0.2) is 41.7 Å². The van der Waals surface area contributed by atoms with Crippen LogP contribution in [0.5, 0.6) is 11.5 Å². The van der Waals surface area contributed by atoms with E-state index in [9.17, 15) is 4.79 Å². The van der Waals surface area contributed by atoms with Gasteiger partial charge in [-0.25, -0.2) is 0 Å². The molecule has 0 fully saturated rings. The Kier molecular flexibility index (Phi) is 3.97. The van der Waals surface area contributed by atoms with E-state index in [0.717, 1.165) is 0 Å². The van der Waals surface area contributed by atoms with E-state index in [1.54, 1.807) is 25.2 Å². The van der Waals surface area contributed by atoms with Crippen LogP contribution in [0.2, 0.25) is 0 Å². The molecular formula is C13H17N3O4. The van der Waals surface area contributed by atoms with Crippen LogP contribution in [0.25, 0.3) is 0 Å². The number of rotatable bonds is 4. The average Bonchev–Trinajstić information content (AvgIpc) is 2.92. The molecule has 2 rings (SSSR count). The molecule has 20 heavy (non-hydrogen) atoms. The van der Waals surface area contributed by atoms with Crippen molar-refractivity contribution in [2.24, 2.45) is 10.9 Å². The number of oxime groups is 1. The summed E-state index contributed by atoms with van der Waals surface area (Å²) < 4.78 is 10.4. The summed E-state index contributed by atoms with van der Waals surface area (Å²) in [6, 6.07) is 4.85. The molecule has 1 heterocycles. The molecule has 0 aromatic heterocycles. The third-order valence-electron chi connectivity index (χ3n) is 3.23. The van der Waals surface area contributed by atoms with Crippen molar-refractivity contribution in [3.8, 4) is 11.5 Å². The zero-order chi connectivity index (χ0) is 14.7. The smallest absolute Gasteiger partial charge is 0.253 e. The highest BCUT2D eigenvalue weighted by Crippen LogP contribution is 2.32. The molecule has 0 saturated heterocycles. The first-order chi connectivity index (χ1) is 9.52. The Morgan fingerprint density at radius 2 is 2.20 bits per heavy atom. The Balaban J connectivity index is 2.10. The molecule has 108 valence electrons. The molecule has 0 saturated carbocycles. The van der Waals surface area contributed by atoms with Crippen LogP contribution in [0.15, 0.2) is 23.4 Å². The summed E-state index contributed by atoms with van der Waals surface area (Å²) in [5, 5.41) is 11.5. The van der Waals surface area contributed by atoms with Crippen molar-refractivity contribution in [2.45, 2.75) is 19.4 Å². The molecule has 0 aliphatic carbocycles. The van der Waals surface area contributed by atoms with Crippen LogP contribution in [0.3, 0.4) is 0 Å². The summed E-state index contributed by atoms with van der Waals surface area (Å²) in [6.07, 6.45) is 0.295. The summed E-state index contributed by atoms with van der Waals surface area (Å²) in [4.78, 5) is 13.9. The lowest BCUT2D eigenvalue weighted by Crippen LogP contribution is -2.37. The van der Waals surface area contributed by atoms with E-state index in [4.69, 9.17) is 20.4 Å². The highest BCUT2D eigenvalue weighted by atomic mass is 16.7. The van der Waals surface area contributed by atoms with Gasteiger partial charge in [-0.1, -0.05) is 5.16 Å². The van der Waals surface area contributed by atoms with Gasteiger partial charge in [0.1, 0.15) is 5.84 Å². The zero-order valence-corrected chi connectivity index (χ0v) is 11.4. The maximum absolute atomic E-state index is 12.3. The van der Waals surface area contributed by atoms with E-state index in [-0.39, 0.29) is 24.6 Å². The maximum atomic E-state index is 12.3. The lowest BCUT2D eigenvalue weighted by atomic mass is 10.1. The number of amidine groups is 1. The summed E-state index contributed by atoms with van der Waals surface area (Å²) in [7, 11) is 1.67. The Bertz CT molecular complexity index is 544. The van der Waals surface area contributed by atoms with Crippen molar-refractivity contribution < 1.29 is 19.5 Å². The minimum Gasteiger partial charge on any atom is -0.454 e. The van der Waals surface area contributed by atoms with Gasteiger partial charge in [0, 0.05) is 25.1 Å². The summed E-state index contributed by atoms with van der Waals surface area (Å²) in [6.45, 7) is 1.99. The highest BCUT2D eigenvalue weighted by molar-refractivity contribution is 5.95. The number of ether oxygens (including phenoxy) is 2. The number of nitrogens with zero attached hydrogens (tertiary/aromatic N) is 2. The normalized spacial score (nSPS) is 15.0. The zero-order valence-electron chi connectivity index (χ0n) is 11.4. The molecule has 7 heteroatoms. The first kappa shape index (κ1) is 14.0. The number of nitrogens with two attached hydrogens (primary N) is 1. The number of amides is 1. The second-order valence-corrected chi connectivity index (χ2v) is 4.63. The minimum atomic E-state index is -0.191. The van der Waals surface area contributed by atoms with E-state index in [0.29, 0.717) is 23.5 Å². The number of hydrogen-bond donors (Lipinski definition) is 2. The van der Waals surface area contributed by atoms with Gasteiger partial charge in [0.2, 0.25) is 6.79 Å². The van der Waals surface area contributed by atoms with Crippen LogP contribution in [0, 0.1) is 0 Å². The largest absolute Gasteiger partial charge is 0.454 e. The van der Waals surface area contributed by atoms with Crippen molar-refractivity contribution in [2.75, 3.05) is 13.8 Å².